The third-order valence-corrected chi connectivity index (χ3v) is 17.8. The Morgan fingerprint density at radius 1 is 0.867 bits per heavy atom. The fraction of sp³-hybridized carbons (Fsp3) is 0.538. The second-order valence-electron chi connectivity index (χ2n) is 3.93. The van der Waals surface area contributed by atoms with Crippen LogP contribution in [0, 0.1) is 0 Å². The molecule has 0 fully saturated rings. The zero-order valence-corrected chi connectivity index (χ0v) is 14.2. The van der Waals surface area contributed by atoms with Crippen molar-refractivity contribution in [2.45, 2.75) is 38.2 Å². The SMILES string of the molecule is C[CH2][Sb+]([CH2]C)([CH2]C)[CH2]c1ccccc1.[Br-]. The minimum atomic E-state index is -1.61. The van der Waals surface area contributed by atoms with Gasteiger partial charge in [0.2, 0.25) is 0 Å². The third-order valence-electron chi connectivity index (χ3n) is 3.37. The molecule has 0 bridgehead atoms. The maximum atomic E-state index is 2.40. The first kappa shape index (κ1) is 15.5. The Kier molecular flexibility index (Phi) is 8.00. The molecule has 0 aliphatic carbocycles. The zero-order valence-electron chi connectivity index (χ0n) is 10.0. The second-order valence-corrected chi connectivity index (χ2v) is 17.9. The van der Waals surface area contributed by atoms with Crippen molar-refractivity contribution in [1.82, 2.24) is 0 Å². The molecule has 15 heavy (non-hydrogen) atoms. The standard InChI is InChI=1S/C7H7.3C2H5.BrH.Sb/c1-7-5-3-2-4-6-7;3*1-2;;/h2-6H,1H2;3*1H2,2H3;1H;/q;;;;;+1/p-1. The largest absolute Gasteiger partial charge is 1.00 e. The van der Waals surface area contributed by atoms with Crippen LogP contribution in [0.1, 0.15) is 26.3 Å². The molecule has 86 valence electrons. The Bertz CT molecular complexity index is 246. The summed E-state index contributed by atoms with van der Waals surface area (Å²) < 4.78 is 5.89. The van der Waals surface area contributed by atoms with Gasteiger partial charge in [0.25, 0.3) is 0 Å². The number of hydrogen-bond donors (Lipinski definition) is 0. The second kappa shape index (κ2) is 7.74. The summed E-state index contributed by atoms with van der Waals surface area (Å²) in [6.45, 7) is 7.21. The number of halogens is 1. The fourth-order valence-corrected chi connectivity index (χ4v) is 10.5. The molecule has 0 radical (unpaired) electrons. The van der Waals surface area contributed by atoms with E-state index in [2.05, 4.69) is 51.1 Å². The molecule has 1 aromatic carbocycles. The van der Waals surface area contributed by atoms with E-state index in [9.17, 15) is 0 Å². The normalized spacial score (nSPS) is 10.9. The molecule has 1 rings (SSSR count). The number of hydrogen-bond acceptors (Lipinski definition) is 0. The van der Waals surface area contributed by atoms with Gasteiger partial charge >= 0.3 is 92.9 Å². The predicted molar refractivity (Wildman–Crippen MR) is 67.3 cm³/mol. The van der Waals surface area contributed by atoms with Gasteiger partial charge in [0.05, 0.1) is 0 Å². The molecule has 0 atom stereocenters. The van der Waals surface area contributed by atoms with Gasteiger partial charge in [0, 0.05) is 0 Å². The van der Waals surface area contributed by atoms with Gasteiger partial charge in [-0.2, -0.15) is 0 Å². The van der Waals surface area contributed by atoms with E-state index in [4.69, 9.17) is 0 Å². The van der Waals surface area contributed by atoms with Crippen LogP contribution in [-0.4, -0.2) is 18.8 Å². The molecule has 0 spiro atoms. The van der Waals surface area contributed by atoms with Crippen molar-refractivity contribution >= 4 is 18.8 Å². The van der Waals surface area contributed by atoms with Crippen LogP contribution in [0.15, 0.2) is 30.3 Å². The van der Waals surface area contributed by atoms with Gasteiger partial charge in [-0.3, -0.25) is 0 Å². The van der Waals surface area contributed by atoms with Crippen molar-refractivity contribution < 1.29 is 17.0 Å². The van der Waals surface area contributed by atoms with Crippen LogP contribution in [0.4, 0.5) is 0 Å². The van der Waals surface area contributed by atoms with Crippen LogP contribution in [0.3, 0.4) is 0 Å². The van der Waals surface area contributed by atoms with Crippen molar-refractivity contribution in [3.05, 3.63) is 35.9 Å². The number of benzene rings is 1. The molecule has 0 nitrogen and oxygen atoms in total. The van der Waals surface area contributed by atoms with Crippen LogP contribution >= 0.6 is 0 Å². The summed E-state index contributed by atoms with van der Waals surface area (Å²) in [5, 5.41) is 0. The first-order valence-corrected chi connectivity index (χ1v) is 12.9. The van der Waals surface area contributed by atoms with E-state index in [1.54, 1.807) is 5.56 Å². The van der Waals surface area contributed by atoms with Gasteiger partial charge < -0.3 is 17.0 Å². The molecule has 0 saturated carbocycles. The zero-order chi connectivity index (χ0) is 10.4. The smallest absolute Gasteiger partial charge is 1.00 e. The molecular weight excluding hydrogens is 358 g/mol. The maximum Gasteiger partial charge on any atom is -1.00 e. The first-order chi connectivity index (χ1) is 6.76. The summed E-state index contributed by atoms with van der Waals surface area (Å²) in [5.74, 6) is 0. The van der Waals surface area contributed by atoms with E-state index in [1.807, 2.05) is 0 Å². The van der Waals surface area contributed by atoms with E-state index >= 15 is 0 Å². The van der Waals surface area contributed by atoms with Gasteiger partial charge in [-0.1, -0.05) is 0 Å². The minimum Gasteiger partial charge on any atom is -1.00 e. The monoisotopic (exact) mass is 378 g/mol. The summed E-state index contributed by atoms with van der Waals surface area (Å²) in [7, 11) is 0. The molecule has 2 heteroatoms. The molecule has 0 heterocycles. The van der Waals surface area contributed by atoms with Gasteiger partial charge in [-0.05, 0) is 0 Å². The fourth-order valence-electron chi connectivity index (χ4n) is 1.98. The van der Waals surface area contributed by atoms with Crippen LogP contribution in [-0.2, 0) is 4.37 Å². The molecule has 0 aromatic heterocycles. The predicted octanol–water partition coefficient (Wildman–Crippen LogP) is 1.28. The third kappa shape index (κ3) is 4.49. The Balaban J connectivity index is 0.00000196. The Morgan fingerprint density at radius 3 is 1.73 bits per heavy atom. The average molecular weight is 380 g/mol. The van der Waals surface area contributed by atoms with E-state index in [1.165, 1.54) is 17.5 Å². The van der Waals surface area contributed by atoms with Crippen LogP contribution in [0.5, 0.6) is 0 Å². The molecule has 0 N–H and O–H groups in total. The van der Waals surface area contributed by atoms with E-state index in [0.717, 1.165) is 0 Å². The van der Waals surface area contributed by atoms with Crippen molar-refractivity contribution in [1.29, 1.82) is 0 Å². The summed E-state index contributed by atoms with van der Waals surface area (Å²) in [6.07, 6.45) is 0. The molecule has 0 saturated heterocycles. The van der Waals surface area contributed by atoms with Gasteiger partial charge in [-0.15, -0.1) is 0 Å². The molecule has 1 aromatic rings. The quantitative estimate of drug-likeness (QED) is 0.676. The molecule has 0 aliphatic heterocycles. The maximum absolute atomic E-state index is 2.40. The van der Waals surface area contributed by atoms with E-state index < -0.39 is 18.8 Å². The molecule has 0 unspecified atom stereocenters. The minimum absolute atomic E-state index is 0. The topological polar surface area (TPSA) is 0 Å². The van der Waals surface area contributed by atoms with Crippen molar-refractivity contribution in [3.8, 4) is 0 Å². The molecular formula is C13H22BrSb. The summed E-state index contributed by atoms with van der Waals surface area (Å²) >= 11 is -1.61. The Hall–Kier alpha value is 0.518. The number of rotatable bonds is 5. The van der Waals surface area contributed by atoms with Crippen LogP contribution in [0.2, 0.25) is 13.1 Å². The van der Waals surface area contributed by atoms with Gasteiger partial charge in [-0.25, -0.2) is 0 Å². The van der Waals surface area contributed by atoms with Crippen LogP contribution < -0.4 is 17.0 Å². The van der Waals surface area contributed by atoms with Gasteiger partial charge in [0.15, 0.2) is 0 Å². The molecule has 0 aliphatic rings. The Morgan fingerprint density at radius 2 is 1.33 bits per heavy atom. The average Bonchev–Trinajstić information content (AvgIpc) is 2.28. The Labute approximate surface area is 109 Å². The van der Waals surface area contributed by atoms with Crippen molar-refractivity contribution in [2.24, 2.45) is 0 Å². The summed E-state index contributed by atoms with van der Waals surface area (Å²) in [5.41, 5.74) is 1.57. The first-order valence-electron chi connectivity index (χ1n) is 5.65. The molecule has 0 amide bonds. The van der Waals surface area contributed by atoms with E-state index in [-0.39, 0.29) is 17.0 Å². The summed E-state index contributed by atoms with van der Waals surface area (Å²) in [6, 6.07) is 11.0. The van der Waals surface area contributed by atoms with Crippen molar-refractivity contribution in [3.63, 3.8) is 0 Å². The van der Waals surface area contributed by atoms with Crippen LogP contribution in [0.25, 0.3) is 0 Å². The summed E-state index contributed by atoms with van der Waals surface area (Å²) in [4.78, 5) is 0. The van der Waals surface area contributed by atoms with Crippen molar-refractivity contribution in [2.75, 3.05) is 0 Å². The van der Waals surface area contributed by atoms with E-state index in [0.29, 0.717) is 0 Å². The van der Waals surface area contributed by atoms with Gasteiger partial charge in [0.1, 0.15) is 0 Å².